The molecule has 0 saturated carbocycles. The first-order valence-electron chi connectivity index (χ1n) is 11.1. The van der Waals surface area contributed by atoms with Crippen molar-refractivity contribution >= 4 is 45.3 Å². The molecule has 3 aromatic heterocycles. The summed E-state index contributed by atoms with van der Waals surface area (Å²) in [7, 11) is 2.13. The number of hydrogen-bond donors (Lipinski definition) is 1. The second kappa shape index (κ2) is 7.90. The van der Waals surface area contributed by atoms with E-state index < -0.39 is 0 Å². The molecule has 164 valence electrons. The van der Waals surface area contributed by atoms with Crippen molar-refractivity contribution < 1.29 is 4.79 Å². The van der Waals surface area contributed by atoms with Gasteiger partial charge >= 0.3 is 0 Å². The summed E-state index contributed by atoms with van der Waals surface area (Å²) >= 11 is 1.68. The van der Waals surface area contributed by atoms with Crippen LogP contribution in [-0.2, 0) is 24.3 Å². The molecule has 6 heterocycles. The quantitative estimate of drug-likeness (QED) is 0.664. The van der Waals surface area contributed by atoms with Gasteiger partial charge in [-0.25, -0.2) is 15.0 Å². The van der Waals surface area contributed by atoms with Crippen LogP contribution in [0.3, 0.4) is 0 Å². The molecule has 0 aromatic carbocycles. The van der Waals surface area contributed by atoms with E-state index in [-0.39, 0.29) is 5.92 Å². The van der Waals surface area contributed by atoms with Crippen LogP contribution in [-0.4, -0.2) is 63.6 Å². The van der Waals surface area contributed by atoms with Crippen molar-refractivity contribution in [2.75, 3.05) is 32.0 Å². The molecule has 1 N–H and O–H groups in total. The number of anilines is 2. The second-order valence-electron chi connectivity index (χ2n) is 8.86. The van der Waals surface area contributed by atoms with Gasteiger partial charge in [-0.2, -0.15) is 0 Å². The largest absolute Gasteiger partial charge is 0.337 e. The number of fused-ring (bicyclic) bond motifs is 4. The van der Waals surface area contributed by atoms with Crippen molar-refractivity contribution in [3.05, 3.63) is 40.2 Å². The average Bonchev–Trinajstić information content (AvgIpc) is 3.43. The third-order valence-electron chi connectivity index (χ3n) is 6.78. The topological polar surface area (TPSA) is 86.6 Å². The molecule has 3 aromatic rings. The van der Waals surface area contributed by atoms with Gasteiger partial charge in [0.1, 0.15) is 22.8 Å². The number of hydrogen-bond acceptors (Lipinski definition) is 8. The van der Waals surface area contributed by atoms with Gasteiger partial charge < -0.3 is 15.1 Å². The second-order valence-corrected chi connectivity index (χ2v) is 9.94. The van der Waals surface area contributed by atoms with Gasteiger partial charge in [0, 0.05) is 40.9 Å². The molecule has 1 fully saturated rings. The lowest BCUT2D eigenvalue weighted by Crippen LogP contribution is -2.43. The standard InChI is InChI=1S/C23H25N7OS/c1-29-5-2-14(3-6-29)23(31)30-7-4-17-18(12-30)32-22-20(17)21(26-13-27-22)28-19-8-15-9-24-10-16(15)11-25-19/h8-9,11,13-14H,2-7,10,12H2,1H3,(H,25,26,27,28). The maximum atomic E-state index is 13.1. The van der Waals surface area contributed by atoms with Gasteiger partial charge in [-0.1, -0.05) is 0 Å². The first-order valence-corrected chi connectivity index (χ1v) is 12.0. The molecule has 8 nitrogen and oxygen atoms in total. The van der Waals surface area contributed by atoms with Gasteiger partial charge in [0.2, 0.25) is 5.91 Å². The van der Waals surface area contributed by atoms with E-state index in [9.17, 15) is 4.79 Å². The summed E-state index contributed by atoms with van der Waals surface area (Å²) in [5, 5.41) is 4.46. The van der Waals surface area contributed by atoms with E-state index >= 15 is 0 Å². The van der Waals surface area contributed by atoms with Gasteiger partial charge in [0.25, 0.3) is 0 Å². The van der Waals surface area contributed by atoms with Crippen LogP contribution < -0.4 is 5.32 Å². The fourth-order valence-electron chi connectivity index (χ4n) is 4.91. The molecule has 32 heavy (non-hydrogen) atoms. The smallest absolute Gasteiger partial charge is 0.226 e. The Kier molecular flexibility index (Phi) is 4.87. The van der Waals surface area contributed by atoms with Crippen LogP contribution >= 0.6 is 11.3 Å². The van der Waals surface area contributed by atoms with Gasteiger partial charge in [-0.05, 0) is 51.0 Å². The minimum Gasteiger partial charge on any atom is -0.337 e. The molecule has 9 heteroatoms. The van der Waals surface area contributed by atoms with Crippen molar-refractivity contribution in [1.29, 1.82) is 0 Å². The number of amides is 1. The number of nitrogens with one attached hydrogen (secondary N) is 1. The van der Waals surface area contributed by atoms with Gasteiger partial charge in [0.15, 0.2) is 0 Å². The van der Waals surface area contributed by atoms with E-state index in [1.54, 1.807) is 17.7 Å². The molecule has 0 spiro atoms. The van der Waals surface area contributed by atoms with E-state index in [1.807, 2.05) is 18.5 Å². The van der Waals surface area contributed by atoms with Crippen LogP contribution in [0, 0.1) is 5.92 Å². The molecule has 3 aliphatic rings. The van der Waals surface area contributed by atoms with Crippen molar-refractivity contribution in [3.8, 4) is 0 Å². The van der Waals surface area contributed by atoms with Gasteiger partial charge in [-0.3, -0.25) is 9.79 Å². The highest BCUT2D eigenvalue weighted by atomic mass is 32.1. The molecular formula is C23H25N7OS. The lowest BCUT2D eigenvalue weighted by atomic mass is 9.94. The number of thiophene rings is 1. The fourth-order valence-corrected chi connectivity index (χ4v) is 6.11. The Labute approximate surface area is 190 Å². The van der Waals surface area contributed by atoms with Crippen molar-refractivity contribution in [1.82, 2.24) is 24.8 Å². The summed E-state index contributed by atoms with van der Waals surface area (Å²) in [6.07, 6.45) is 8.12. The number of aromatic nitrogens is 3. The Bertz CT molecular complexity index is 1230. The third-order valence-corrected chi connectivity index (χ3v) is 7.90. The van der Waals surface area contributed by atoms with Crippen LogP contribution in [0.25, 0.3) is 10.2 Å². The number of piperidine rings is 1. The predicted molar refractivity (Wildman–Crippen MR) is 126 cm³/mol. The maximum Gasteiger partial charge on any atom is 0.226 e. The van der Waals surface area contributed by atoms with Crippen molar-refractivity contribution in [3.63, 3.8) is 0 Å². The van der Waals surface area contributed by atoms with Crippen LogP contribution in [0.1, 0.15) is 34.4 Å². The highest BCUT2D eigenvalue weighted by Gasteiger charge is 2.31. The SMILES string of the molecule is CN1CCC(C(=O)N2CCc3c(sc4ncnc(Nc5cc6c(cn5)CN=C6)c34)C2)CC1. The summed E-state index contributed by atoms with van der Waals surface area (Å²) in [4.78, 5) is 37.6. The van der Waals surface area contributed by atoms with E-state index in [0.717, 1.165) is 71.9 Å². The maximum absolute atomic E-state index is 13.1. The molecule has 0 unspecified atom stereocenters. The minimum absolute atomic E-state index is 0.161. The predicted octanol–water partition coefficient (Wildman–Crippen LogP) is 2.99. The Hall–Kier alpha value is -2.91. The van der Waals surface area contributed by atoms with Crippen molar-refractivity contribution in [2.24, 2.45) is 10.9 Å². The summed E-state index contributed by atoms with van der Waals surface area (Å²) < 4.78 is 0. The Morgan fingerprint density at radius 1 is 1.19 bits per heavy atom. The van der Waals surface area contributed by atoms with E-state index in [2.05, 4.69) is 42.1 Å². The Morgan fingerprint density at radius 3 is 2.94 bits per heavy atom. The highest BCUT2D eigenvalue weighted by molar-refractivity contribution is 7.19. The molecule has 1 amide bonds. The Balaban J connectivity index is 1.26. The van der Waals surface area contributed by atoms with Crippen LogP contribution in [0.2, 0.25) is 0 Å². The number of pyridine rings is 1. The van der Waals surface area contributed by atoms with Crippen molar-refractivity contribution in [2.45, 2.75) is 32.4 Å². The van der Waals surface area contributed by atoms with E-state index in [1.165, 1.54) is 10.4 Å². The summed E-state index contributed by atoms with van der Waals surface area (Å²) in [5.41, 5.74) is 3.51. The third kappa shape index (κ3) is 3.45. The lowest BCUT2D eigenvalue weighted by molar-refractivity contribution is -0.137. The molecule has 3 aliphatic heterocycles. The summed E-state index contributed by atoms with van der Waals surface area (Å²) in [5.74, 6) is 2.01. The number of carbonyl (C=O) groups excluding carboxylic acids is 1. The average molecular weight is 448 g/mol. The van der Waals surface area contributed by atoms with Crippen LogP contribution in [0.4, 0.5) is 11.6 Å². The molecular weight excluding hydrogens is 422 g/mol. The fraction of sp³-hybridized carbons (Fsp3) is 0.435. The number of nitrogens with zero attached hydrogens (tertiary/aromatic N) is 6. The van der Waals surface area contributed by atoms with Crippen LogP contribution in [0.5, 0.6) is 0 Å². The molecule has 0 radical (unpaired) electrons. The van der Waals surface area contributed by atoms with Gasteiger partial charge in [-0.15, -0.1) is 11.3 Å². The summed E-state index contributed by atoms with van der Waals surface area (Å²) in [6, 6.07) is 2.01. The number of rotatable bonds is 3. The van der Waals surface area contributed by atoms with E-state index in [0.29, 0.717) is 19.0 Å². The van der Waals surface area contributed by atoms with E-state index in [4.69, 9.17) is 0 Å². The highest BCUT2D eigenvalue weighted by Crippen LogP contribution is 2.38. The minimum atomic E-state index is 0.161. The first-order chi connectivity index (χ1) is 15.7. The van der Waals surface area contributed by atoms with Gasteiger partial charge in [0.05, 0.1) is 18.5 Å². The zero-order chi connectivity index (χ0) is 21.7. The molecule has 6 rings (SSSR count). The number of aliphatic imine (C=N–C) groups is 1. The number of carbonyl (C=O) groups is 1. The Morgan fingerprint density at radius 2 is 2.06 bits per heavy atom. The van der Waals surface area contributed by atoms with Crippen LogP contribution in [0.15, 0.2) is 23.6 Å². The zero-order valence-corrected chi connectivity index (χ0v) is 18.9. The normalized spacial score (nSPS) is 18.7. The first kappa shape index (κ1) is 19.8. The zero-order valence-electron chi connectivity index (χ0n) is 18.0. The summed E-state index contributed by atoms with van der Waals surface area (Å²) in [6.45, 7) is 4.14. The lowest BCUT2D eigenvalue weighted by Gasteiger charge is -2.34. The molecule has 0 atom stereocenters. The molecule has 0 aliphatic carbocycles. The molecule has 1 saturated heterocycles. The molecule has 0 bridgehead atoms. The monoisotopic (exact) mass is 447 g/mol. The number of likely N-dealkylation sites (tertiary alicyclic amines) is 1.